The molecule has 0 unspecified atom stereocenters. The Kier molecular flexibility index (Phi) is 6.36. The number of hydrogen-bond acceptors (Lipinski definition) is 8. The van der Waals surface area contributed by atoms with Crippen LogP contribution >= 0.6 is 22.9 Å². The Morgan fingerprint density at radius 1 is 1.32 bits per heavy atom. The summed E-state index contributed by atoms with van der Waals surface area (Å²) in [5, 5.41) is 21.4. The highest BCUT2D eigenvalue weighted by atomic mass is 35.5. The average molecular weight is 500 g/mol. The summed E-state index contributed by atoms with van der Waals surface area (Å²) in [6.07, 6.45) is 1.48. The number of allylic oxidation sites excluding steroid dienone is 1. The summed E-state index contributed by atoms with van der Waals surface area (Å²) in [4.78, 5) is 41.6. The molecule has 4 rings (SSSR count). The van der Waals surface area contributed by atoms with Crippen molar-refractivity contribution in [2.75, 3.05) is 6.61 Å². The molecule has 9 nitrogen and oxygen atoms in total. The van der Waals surface area contributed by atoms with E-state index in [-0.39, 0.29) is 16.7 Å². The van der Waals surface area contributed by atoms with Crippen molar-refractivity contribution in [1.82, 2.24) is 4.57 Å². The van der Waals surface area contributed by atoms with Crippen molar-refractivity contribution in [1.29, 1.82) is 0 Å². The number of rotatable bonds is 5. The van der Waals surface area contributed by atoms with E-state index in [1.165, 1.54) is 28.8 Å². The number of aromatic nitrogens is 1. The van der Waals surface area contributed by atoms with E-state index in [0.29, 0.717) is 26.6 Å². The second kappa shape index (κ2) is 9.24. The van der Waals surface area contributed by atoms with Crippen molar-refractivity contribution in [3.05, 3.63) is 99.7 Å². The Balaban J connectivity index is 1.94. The summed E-state index contributed by atoms with van der Waals surface area (Å²) in [6.45, 7) is 3.53. The fourth-order valence-corrected chi connectivity index (χ4v) is 4.85. The number of halogens is 1. The van der Waals surface area contributed by atoms with E-state index < -0.39 is 33.9 Å². The second-order valence-corrected chi connectivity index (χ2v) is 8.80. The van der Waals surface area contributed by atoms with Crippen LogP contribution in [0.15, 0.2) is 63.5 Å². The largest absolute Gasteiger partial charge is 0.502 e. The Hall–Kier alpha value is -3.76. The van der Waals surface area contributed by atoms with Crippen LogP contribution in [0.2, 0.25) is 5.02 Å². The van der Waals surface area contributed by atoms with Gasteiger partial charge in [0.2, 0.25) is 0 Å². The number of thiazole rings is 1. The van der Waals surface area contributed by atoms with E-state index in [1.807, 2.05) is 0 Å². The quantitative estimate of drug-likeness (QED) is 0.327. The Bertz CT molecular complexity index is 1520. The van der Waals surface area contributed by atoms with Gasteiger partial charge < -0.3 is 9.84 Å². The SMILES string of the molecule is CCOC(=O)C1=C(C)N=c2sc(=Cc3ccc(O)c([N+](=O)[O-])c3)c(=O)n2[C@H]1c1ccc(Cl)cc1. The first-order chi connectivity index (χ1) is 16.2. The number of carbonyl (C=O) groups is 1. The molecule has 34 heavy (non-hydrogen) atoms. The summed E-state index contributed by atoms with van der Waals surface area (Å²) in [6, 6.07) is 9.84. The van der Waals surface area contributed by atoms with Crippen LogP contribution in [0.5, 0.6) is 5.75 Å². The van der Waals surface area contributed by atoms with Gasteiger partial charge in [0.05, 0.1) is 33.4 Å². The fourth-order valence-electron chi connectivity index (χ4n) is 3.68. The van der Waals surface area contributed by atoms with Gasteiger partial charge in [0.15, 0.2) is 10.6 Å². The third-order valence-corrected chi connectivity index (χ3v) is 6.43. The van der Waals surface area contributed by atoms with Crippen LogP contribution in [0.25, 0.3) is 6.08 Å². The van der Waals surface area contributed by atoms with Gasteiger partial charge in [-0.3, -0.25) is 19.5 Å². The van der Waals surface area contributed by atoms with Gasteiger partial charge >= 0.3 is 11.7 Å². The molecule has 0 bridgehead atoms. The van der Waals surface area contributed by atoms with Crippen LogP contribution in [0.1, 0.15) is 31.0 Å². The molecule has 1 aliphatic rings. The molecule has 2 aromatic carbocycles. The molecule has 1 N–H and O–H groups in total. The molecule has 0 amide bonds. The lowest BCUT2D eigenvalue weighted by Gasteiger charge is -2.24. The van der Waals surface area contributed by atoms with E-state index in [2.05, 4.69) is 4.99 Å². The zero-order valence-electron chi connectivity index (χ0n) is 18.0. The summed E-state index contributed by atoms with van der Waals surface area (Å²) < 4.78 is 6.91. The molecule has 2 heterocycles. The minimum Gasteiger partial charge on any atom is -0.502 e. The molecule has 0 spiro atoms. The maximum Gasteiger partial charge on any atom is 0.338 e. The number of carbonyl (C=O) groups excluding carboxylic acids is 1. The number of nitrogens with zero attached hydrogens (tertiary/aromatic N) is 3. The van der Waals surface area contributed by atoms with Crippen molar-refractivity contribution in [3.8, 4) is 5.75 Å². The van der Waals surface area contributed by atoms with Gasteiger partial charge in [0.1, 0.15) is 0 Å². The number of phenols is 1. The normalized spacial score (nSPS) is 15.6. The highest BCUT2D eigenvalue weighted by Crippen LogP contribution is 2.31. The minimum absolute atomic E-state index is 0.160. The Morgan fingerprint density at radius 2 is 2.03 bits per heavy atom. The van der Waals surface area contributed by atoms with Crippen molar-refractivity contribution in [2.45, 2.75) is 19.9 Å². The van der Waals surface area contributed by atoms with E-state index >= 15 is 0 Å². The first-order valence-corrected chi connectivity index (χ1v) is 11.3. The van der Waals surface area contributed by atoms with Crippen LogP contribution < -0.4 is 14.9 Å². The average Bonchev–Trinajstić information content (AvgIpc) is 3.09. The van der Waals surface area contributed by atoms with E-state index in [1.54, 1.807) is 38.1 Å². The van der Waals surface area contributed by atoms with Gasteiger partial charge in [0, 0.05) is 11.1 Å². The topological polar surface area (TPSA) is 124 Å². The Labute approximate surface area is 201 Å². The van der Waals surface area contributed by atoms with Gasteiger partial charge in [-0.2, -0.15) is 0 Å². The second-order valence-electron chi connectivity index (χ2n) is 7.36. The molecule has 1 atom stereocenters. The molecule has 0 saturated carbocycles. The number of aromatic hydroxyl groups is 1. The predicted octanol–water partition coefficient (Wildman–Crippen LogP) is 3.07. The monoisotopic (exact) mass is 499 g/mol. The van der Waals surface area contributed by atoms with Crippen LogP contribution in [0.3, 0.4) is 0 Å². The lowest BCUT2D eigenvalue weighted by atomic mass is 9.96. The van der Waals surface area contributed by atoms with E-state index in [4.69, 9.17) is 16.3 Å². The maximum atomic E-state index is 13.5. The highest BCUT2D eigenvalue weighted by Gasteiger charge is 2.33. The molecule has 174 valence electrons. The molecule has 11 heteroatoms. The van der Waals surface area contributed by atoms with Crippen molar-refractivity contribution in [3.63, 3.8) is 0 Å². The third kappa shape index (κ3) is 4.25. The maximum absolute atomic E-state index is 13.5. The molecular weight excluding hydrogens is 482 g/mol. The summed E-state index contributed by atoms with van der Waals surface area (Å²) in [5.74, 6) is -1.05. The molecular formula is C23H18ClN3O6S. The predicted molar refractivity (Wildman–Crippen MR) is 127 cm³/mol. The van der Waals surface area contributed by atoms with Crippen molar-refractivity contribution < 1.29 is 19.6 Å². The van der Waals surface area contributed by atoms with Gasteiger partial charge in [-0.1, -0.05) is 41.1 Å². The summed E-state index contributed by atoms with van der Waals surface area (Å²) in [5.41, 5.74) is 0.776. The molecule has 0 saturated heterocycles. The fraction of sp³-hybridized carbons (Fsp3) is 0.174. The molecule has 1 aromatic heterocycles. The van der Waals surface area contributed by atoms with Crippen LogP contribution in [-0.4, -0.2) is 27.2 Å². The van der Waals surface area contributed by atoms with Gasteiger partial charge in [-0.15, -0.1) is 0 Å². The molecule has 3 aromatic rings. The highest BCUT2D eigenvalue weighted by molar-refractivity contribution is 7.07. The molecule has 0 radical (unpaired) electrons. The van der Waals surface area contributed by atoms with Crippen LogP contribution in [0.4, 0.5) is 5.69 Å². The number of esters is 1. The number of ether oxygens (including phenoxy) is 1. The first kappa shape index (κ1) is 23.4. The van der Waals surface area contributed by atoms with E-state index in [0.717, 1.165) is 11.3 Å². The smallest absolute Gasteiger partial charge is 0.338 e. The van der Waals surface area contributed by atoms with Crippen molar-refractivity contribution in [2.24, 2.45) is 4.99 Å². The standard InChI is InChI=1S/C23H18ClN3O6S/c1-3-33-22(30)19-12(2)25-23-26(20(19)14-5-7-15(24)8-6-14)21(29)18(34-23)11-13-4-9-17(28)16(10-13)27(31)32/h4-11,20,28H,3H2,1-2H3/t20-/m0/s1. The third-order valence-electron chi connectivity index (χ3n) is 5.20. The number of benzene rings is 2. The number of fused-ring (bicyclic) bond motifs is 1. The zero-order chi connectivity index (χ0) is 24.6. The number of nitro groups is 1. The number of nitro benzene ring substituents is 1. The first-order valence-electron chi connectivity index (χ1n) is 10.1. The zero-order valence-corrected chi connectivity index (χ0v) is 19.6. The number of phenolic OH excluding ortho intramolecular Hbond substituents is 1. The molecule has 1 aliphatic heterocycles. The number of hydrogen-bond donors (Lipinski definition) is 1. The summed E-state index contributed by atoms with van der Waals surface area (Å²) >= 11 is 7.13. The summed E-state index contributed by atoms with van der Waals surface area (Å²) in [7, 11) is 0. The van der Waals surface area contributed by atoms with Gasteiger partial charge in [-0.25, -0.2) is 9.79 Å². The van der Waals surface area contributed by atoms with Crippen LogP contribution in [-0.2, 0) is 9.53 Å². The van der Waals surface area contributed by atoms with Gasteiger partial charge in [0.25, 0.3) is 5.56 Å². The van der Waals surface area contributed by atoms with Crippen LogP contribution in [0, 0.1) is 10.1 Å². The Morgan fingerprint density at radius 3 is 2.68 bits per heavy atom. The van der Waals surface area contributed by atoms with E-state index in [9.17, 15) is 24.8 Å². The molecule has 0 fully saturated rings. The lowest BCUT2D eigenvalue weighted by molar-refractivity contribution is -0.385. The van der Waals surface area contributed by atoms with Gasteiger partial charge in [-0.05, 0) is 49.2 Å². The lowest BCUT2D eigenvalue weighted by Crippen LogP contribution is -2.39. The minimum atomic E-state index is -0.788. The van der Waals surface area contributed by atoms with Crippen molar-refractivity contribution >= 4 is 40.7 Å². The molecule has 0 aliphatic carbocycles.